The average Bonchev–Trinajstić information content (AvgIpc) is 2.44. The highest BCUT2D eigenvalue weighted by Gasteiger charge is 2.21. The molecule has 0 fully saturated rings. The minimum absolute atomic E-state index is 0.262. The Balaban J connectivity index is 3.64. The van der Waals surface area contributed by atoms with Crippen molar-refractivity contribution in [1.82, 2.24) is 0 Å². The maximum atomic E-state index is 11.2. The normalized spacial score (nSPS) is 14.9. The van der Waals surface area contributed by atoms with E-state index in [9.17, 15) is 13.5 Å². The van der Waals surface area contributed by atoms with Crippen LogP contribution in [-0.2, 0) is 10.1 Å². The fourth-order valence-electron chi connectivity index (χ4n) is 2.82. The summed E-state index contributed by atoms with van der Waals surface area (Å²) >= 11 is 0. The van der Waals surface area contributed by atoms with Crippen molar-refractivity contribution in [3.05, 3.63) is 0 Å². The van der Waals surface area contributed by atoms with Crippen molar-refractivity contribution in [3.8, 4) is 0 Å². The largest absolute Gasteiger partial charge is 0.393 e. The summed E-state index contributed by atoms with van der Waals surface area (Å²) in [6.07, 6.45) is 12.0. The lowest BCUT2D eigenvalue weighted by Crippen LogP contribution is -2.20. The molecule has 0 heterocycles. The fourth-order valence-corrected chi connectivity index (χ4v) is 3.82. The second kappa shape index (κ2) is 13.3. The van der Waals surface area contributed by atoms with Crippen LogP contribution in [0.15, 0.2) is 0 Å². The van der Waals surface area contributed by atoms with E-state index >= 15 is 0 Å². The van der Waals surface area contributed by atoms with Crippen LogP contribution in [0.4, 0.5) is 0 Å². The van der Waals surface area contributed by atoms with E-state index in [2.05, 4.69) is 6.92 Å². The predicted octanol–water partition coefficient (Wildman–Crippen LogP) is 4.71. The molecule has 0 aromatic heterocycles. The van der Waals surface area contributed by atoms with Gasteiger partial charge in [-0.25, -0.2) is 0 Å². The molecule has 0 saturated carbocycles. The Hall–Kier alpha value is -0.130. The van der Waals surface area contributed by atoms with Gasteiger partial charge < -0.3 is 5.11 Å². The molecule has 2 N–H and O–H groups in total. The standard InChI is InChI=1S/C17H36O4S/c1-3-5-6-7-8-9-13-16(18)14-10-11-15-17(12-4-2)22(19,20)21/h16-18H,3-15H2,1-2H3,(H,19,20,21). The number of aliphatic hydroxyl groups is 1. The van der Waals surface area contributed by atoms with Crippen LogP contribution in [0.25, 0.3) is 0 Å². The maximum Gasteiger partial charge on any atom is 0.267 e. The van der Waals surface area contributed by atoms with E-state index in [1.165, 1.54) is 32.1 Å². The lowest BCUT2D eigenvalue weighted by molar-refractivity contribution is 0.147. The summed E-state index contributed by atoms with van der Waals surface area (Å²) in [5.74, 6) is 0. The van der Waals surface area contributed by atoms with Gasteiger partial charge in [-0.3, -0.25) is 4.55 Å². The molecule has 2 atom stereocenters. The first-order chi connectivity index (χ1) is 10.4. The molecule has 0 aliphatic rings. The van der Waals surface area contributed by atoms with Gasteiger partial charge in [-0.1, -0.05) is 71.6 Å². The lowest BCUT2D eigenvalue weighted by Gasteiger charge is -2.14. The maximum absolute atomic E-state index is 11.2. The number of hydrogen-bond acceptors (Lipinski definition) is 3. The molecule has 0 spiro atoms. The average molecular weight is 337 g/mol. The van der Waals surface area contributed by atoms with E-state index in [0.717, 1.165) is 38.5 Å². The Morgan fingerprint density at radius 3 is 1.77 bits per heavy atom. The molecule has 2 unspecified atom stereocenters. The number of rotatable bonds is 15. The molecule has 4 nitrogen and oxygen atoms in total. The molecular formula is C17H36O4S. The molecule has 0 aliphatic carbocycles. The molecule has 22 heavy (non-hydrogen) atoms. The Morgan fingerprint density at radius 1 is 0.727 bits per heavy atom. The van der Waals surface area contributed by atoms with E-state index in [0.29, 0.717) is 12.8 Å². The number of unbranched alkanes of at least 4 members (excludes halogenated alkanes) is 6. The van der Waals surface area contributed by atoms with Crippen molar-refractivity contribution in [2.45, 2.75) is 109 Å². The molecular weight excluding hydrogens is 300 g/mol. The third-order valence-electron chi connectivity index (χ3n) is 4.24. The summed E-state index contributed by atoms with van der Waals surface area (Å²) in [6, 6.07) is 0. The molecule has 5 heteroatoms. The van der Waals surface area contributed by atoms with E-state index in [1.807, 2.05) is 6.92 Å². The minimum Gasteiger partial charge on any atom is -0.393 e. The first kappa shape index (κ1) is 21.9. The summed E-state index contributed by atoms with van der Waals surface area (Å²) in [5, 5.41) is 9.28. The summed E-state index contributed by atoms with van der Waals surface area (Å²) in [5.41, 5.74) is 0. The van der Waals surface area contributed by atoms with Crippen molar-refractivity contribution in [2.24, 2.45) is 0 Å². The SMILES string of the molecule is CCCCCCCCC(O)CCCCC(CCC)S(=O)(=O)O. The first-order valence-electron chi connectivity index (χ1n) is 9.06. The first-order valence-corrected chi connectivity index (χ1v) is 10.6. The molecule has 0 aromatic rings. The van der Waals surface area contributed by atoms with Gasteiger partial charge in [0.15, 0.2) is 0 Å². The zero-order chi connectivity index (χ0) is 16.8. The predicted molar refractivity (Wildman–Crippen MR) is 92.7 cm³/mol. The second-order valence-electron chi connectivity index (χ2n) is 6.42. The molecule has 0 aliphatic heterocycles. The molecule has 0 amide bonds. The minimum atomic E-state index is -3.92. The van der Waals surface area contributed by atoms with E-state index < -0.39 is 15.4 Å². The smallest absolute Gasteiger partial charge is 0.267 e. The summed E-state index contributed by atoms with van der Waals surface area (Å²) in [6.45, 7) is 4.12. The van der Waals surface area contributed by atoms with Crippen molar-refractivity contribution in [1.29, 1.82) is 0 Å². The Labute approximate surface area is 137 Å². The van der Waals surface area contributed by atoms with Gasteiger partial charge in [0, 0.05) is 0 Å². The molecule has 134 valence electrons. The summed E-state index contributed by atoms with van der Waals surface area (Å²) < 4.78 is 31.6. The Kier molecular flexibility index (Phi) is 13.2. The van der Waals surface area contributed by atoms with E-state index in [4.69, 9.17) is 4.55 Å². The van der Waals surface area contributed by atoms with Crippen LogP contribution in [0, 0.1) is 0 Å². The van der Waals surface area contributed by atoms with E-state index in [1.54, 1.807) is 0 Å². The van der Waals surface area contributed by atoms with Crippen molar-refractivity contribution >= 4 is 10.1 Å². The number of aliphatic hydroxyl groups excluding tert-OH is 1. The molecule has 0 saturated heterocycles. The van der Waals surface area contributed by atoms with Crippen LogP contribution in [0.2, 0.25) is 0 Å². The quantitative estimate of drug-likeness (QED) is 0.335. The highest BCUT2D eigenvalue weighted by Crippen LogP contribution is 2.17. The van der Waals surface area contributed by atoms with Crippen LogP contribution in [0.1, 0.15) is 97.3 Å². The highest BCUT2D eigenvalue weighted by atomic mass is 32.2. The van der Waals surface area contributed by atoms with Crippen LogP contribution < -0.4 is 0 Å². The second-order valence-corrected chi connectivity index (χ2v) is 8.12. The third kappa shape index (κ3) is 12.4. The van der Waals surface area contributed by atoms with Crippen LogP contribution in [-0.4, -0.2) is 29.4 Å². The lowest BCUT2D eigenvalue weighted by atomic mass is 10.0. The van der Waals surface area contributed by atoms with Gasteiger partial charge in [-0.2, -0.15) is 8.42 Å². The Morgan fingerprint density at radius 2 is 1.23 bits per heavy atom. The topological polar surface area (TPSA) is 74.6 Å². The van der Waals surface area contributed by atoms with Gasteiger partial charge in [0.1, 0.15) is 0 Å². The van der Waals surface area contributed by atoms with Gasteiger partial charge in [-0.15, -0.1) is 0 Å². The molecule has 0 radical (unpaired) electrons. The van der Waals surface area contributed by atoms with E-state index in [-0.39, 0.29) is 6.10 Å². The van der Waals surface area contributed by atoms with Gasteiger partial charge in [0.2, 0.25) is 0 Å². The number of hydrogen-bond donors (Lipinski definition) is 2. The van der Waals surface area contributed by atoms with Crippen molar-refractivity contribution < 1.29 is 18.1 Å². The molecule has 0 bridgehead atoms. The van der Waals surface area contributed by atoms with Gasteiger partial charge in [-0.05, 0) is 25.7 Å². The Bertz CT molecular complexity index is 341. The fraction of sp³-hybridized carbons (Fsp3) is 1.00. The van der Waals surface area contributed by atoms with Gasteiger partial charge in [0.25, 0.3) is 10.1 Å². The van der Waals surface area contributed by atoms with Crippen molar-refractivity contribution in [3.63, 3.8) is 0 Å². The van der Waals surface area contributed by atoms with Crippen LogP contribution in [0.5, 0.6) is 0 Å². The van der Waals surface area contributed by atoms with Crippen LogP contribution in [0.3, 0.4) is 0 Å². The zero-order valence-corrected chi connectivity index (χ0v) is 15.3. The summed E-state index contributed by atoms with van der Waals surface area (Å²) in [4.78, 5) is 0. The van der Waals surface area contributed by atoms with Crippen LogP contribution >= 0.6 is 0 Å². The highest BCUT2D eigenvalue weighted by molar-refractivity contribution is 7.86. The summed E-state index contributed by atoms with van der Waals surface area (Å²) in [7, 11) is -3.92. The van der Waals surface area contributed by atoms with Gasteiger partial charge in [0.05, 0.1) is 11.4 Å². The third-order valence-corrected chi connectivity index (χ3v) is 5.55. The molecule has 0 rings (SSSR count). The van der Waals surface area contributed by atoms with Gasteiger partial charge >= 0.3 is 0 Å². The monoisotopic (exact) mass is 336 g/mol. The molecule has 0 aromatic carbocycles. The van der Waals surface area contributed by atoms with Crippen molar-refractivity contribution in [2.75, 3.05) is 0 Å². The zero-order valence-electron chi connectivity index (χ0n) is 14.5.